The van der Waals surface area contributed by atoms with E-state index >= 15 is 0 Å². The normalized spacial score (nSPS) is 23.6. The summed E-state index contributed by atoms with van der Waals surface area (Å²) in [6.45, 7) is 5.18. The number of carbonyl (C=O) groups excluding carboxylic acids is 1. The predicted molar refractivity (Wildman–Crippen MR) is 114 cm³/mol. The van der Waals surface area contributed by atoms with E-state index in [1.54, 1.807) is 0 Å². The zero-order valence-corrected chi connectivity index (χ0v) is 18.5. The average Bonchev–Trinajstić information content (AvgIpc) is 3.08. The molecule has 1 aliphatic carbocycles. The number of carboxylic acids is 1. The van der Waals surface area contributed by atoms with Gasteiger partial charge in [-0.2, -0.15) is 13.2 Å². The molecule has 2 aliphatic heterocycles. The number of pyridine rings is 1. The van der Waals surface area contributed by atoms with Crippen molar-refractivity contribution in [3.05, 3.63) is 41.7 Å². The number of nitrogens with zero attached hydrogens (tertiary/aromatic N) is 3. The maximum atomic E-state index is 12.7. The number of halogens is 3. The minimum absolute atomic E-state index is 0.193. The predicted octanol–water partition coefficient (Wildman–Crippen LogP) is 3.26. The lowest BCUT2D eigenvalue weighted by molar-refractivity contribution is -0.192. The van der Waals surface area contributed by atoms with Crippen molar-refractivity contribution in [2.75, 3.05) is 32.8 Å². The van der Waals surface area contributed by atoms with Crippen LogP contribution in [0.25, 0.3) is 0 Å². The molecule has 182 valence electrons. The Morgan fingerprint density at radius 3 is 2.64 bits per heavy atom. The molecule has 0 radical (unpaired) electrons. The van der Waals surface area contributed by atoms with Gasteiger partial charge in [0, 0.05) is 57.5 Å². The van der Waals surface area contributed by atoms with Gasteiger partial charge < -0.3 is 14.7 Å². The van der Waals surface area contributed by atoms with E-state index in [0.29, 0.717) is 12.3 Å². The van der Waals surface area contributed by atoms with Crippen molar-refractivity contribution >= 4 is 11.9 Å². The Labute approximate surface area is 191 Å². The molecule has 7 nitrogen and oxygen atoms in total. The lowest BCUT2D eigenvalue weighted by atomic mass is 9.97. The molecule has 0 aromatic carbocycles. The van der Waals surface area contributed by atoms with Gasteiger partial charge in [0.15, 0.2) is 0 Å². The van der Waals surface area contributed by atoms with Crippen LogP contribution in [0.5, 0.6) is 0 Å². The van der Waals surface area contributed by atoms with Crippen molar-refractivity contribution in [2.45, 2.75) is 50.9 Å². The third-order valence-electron chi connectivity index (χ3n) is 6.10. The van der Waals surface area contributed by atoms with Crippen molar-refractivity contribution in [1.82, 2.24) is 14.8 Å². The van der Waals surface area contributed by atoms with Crippen LogP contribution in [0.1, 0.15) is 37.7 Å². The van der Waals surface area contributed by atoms with E-state index in [-0.39, 0.29) is 12.0 Å². The van der Waals surface area contributed by atoms with Crippen LogP contribution in [0, 0.1) is 5.92 Å². The SMILES string of the molecule is O=C(CC1=CCCCC1)N1C[C@@H]2CN(Cc3cccnc3)CCO[C@@H]2C1.O=C(O)C(F)(F)F. The second kappa shape index (κ2) is 11.6. The van der Waals surface area contributed by atoms with Crippen LogP contribution in [0.2, 0.25) is 0 Å². The smallest absolute Gasteiger partial charge is 0.475 e. The number of aliphatic carboxylic acids is 1. The lowest BCUT2D eigenvalue weighted by Crippen LogP contribution is -2.33. The van der Waals surface area contributed by atoms with Crippen LogP contribution >= 0.6 is 0 Å². The number of aromatic nitrogens is 1. The Morgan fingerprint density at radius 1 is 1.21 bits per heavy atom. The van der Waals surface area contributed by atoms with Gasteiger partial charge in [0.05, 0.1) is 12.7 Å². The van der Waals surface area contributed by atoms with Crippen LogP contribution in [0.15, 0.2) is 36.2 Å². The molecule has 1 aromatic heterocycles. The number of ether oxygens (including phenoxy) is 1. The molecule has 10 heteroatoms. The minimum Gasteiger partial charge on any atom is -0.475 e. The molecule has 2 saturated heterocycles. The summed E-state index contributed by atoms with van der Waals surface area (Å²) in [5.41, 5.74) is 2.58. The van der Waals surface area contributed by atoms with Crippen molar-refractivity contribution in [2.24, 2.45) is 5.92 Å². The maximum Gasteiger partial charge on any atom is 0.490 e. The zero-order chi connectivity index (χ0) is 23.8. The van der Waals surface area contributed by atoms with Gasteiger partial charge in [0.1, 0.15) is 0 Å². The topological polar surface area (TPSA) is 83.0 Å². The Bertz CT molecular complexity index is 832. The number of rotatable bonds is 4. The fraction of sp³-hybridized carbons (Fsp3) is 0.609. The quantitative estimate of drug-likeness (QED) is 0.682. The molecule has 0 unspecified atom stereocenters. The van der Waals surface area contributed by atoms with Gasteiger partial charge in [-0.05, 0) is 37.3 Å². The summed E-state index contributed by atoms with van der Waals surface area (Å²) in [4.78, 5) is 30.3. The summed E-state index contributed by atoms with van der Waals surface area (Å²) in [6.07, 6.45) is 6.49. The molecule has 1 aromatic rings. The standard InChI is InChI=1S/C21H29N3O2.C2HF3O2/c25-21(11-17-5-2-1-3-6-17)24-15-19-14-23(9-10-26-20(19)16-24)13-18-7-4-8-22-12-18;3-2(4,5)1(6)7/h4-5,7-8,12,19-20H,1-3,6,9-11,13-16H2;(H,6,7)/t19-,20+;/m0./s1. The highest BCUT2D eigenvalue weighted by molar-refractivity contribution is 5.79. The molecule has 1 amide bonds. The van der Waals surface area contributed by atoms with Crippen LogP contribution < -0.4 is 0 Å². The van der Waals surface area contributed by atoms with Gasteiger partial charge in [0.25, 0.3) is 0 Å². The van der Waals surface area contributed by atoms with Gasteiger partial charge in [-0.25, -0.2) is 4.79 Å². The molecule has 33 heavy (non-hydrogen) atoms. The van der Waals surface area contributed by atoms with E-state index in [4.69, 9.17) is 14.6 Å². The van der Waals surface area contributed by atoms with Gasteiger partial charge in [-0.3, -0.25) is 14.7 Å². The number of likely N-dealkylation sites (tertiary alicyclic amines) is 1. The number of amides is 1. The molecule has 2 atom stereocenters. The number of alkyl halides is 3. The first-order valence-electron chi connectivity index (χ1n) is 11.2. The summed E-state index contributed by atoms with van der Waals surface area (Å²) in [6, 6.07) is 4.11. The Morgan fingerprint density at radius 2 is 2.00 bits per heavy atom. The number of allylic oxidation sites excluding steroid dienone is 1. The Balaban J connectivity index is 0.000000383. The second-order valence-electron chi connectivity index (χ2n) is 8.65. The molecule has 0 spiro atoms. The van der Waals surface area contributed by atoms with Crippen molar-refractivity contribution < 1.29 is 32.6 Å². The highest BCUT2D eigenvalue weighted by Gasteiger charge is 2.39. The largest absolute Gasteiger partial charge is 0.490 e. The van der Waals surface area contributed by atoms with E-state index in [9.17, 15) is 18.0 Å². The van der Waals surface area contributed by atoms with E-state index in [2.05, 4.69) is 22.0 Å². The van der Waals surface area contributed by atoms with E-state index in [0.717, 1.165) is 52.2 Å². The molecule has 0 bridgehead atoms. The van der Waals surface area contributed by atoms with E-state index < -0.39 is 12.1 Å². The number of carboxylic acid groups (broad SMARTS) is 1. The molecular weight excluding hydrogens is 439 g/mol. The Kier molecular flexibility index (Phi) is 8.85. The fourth-order valence-corrected chi connectivity index (χ4v) is 4.43. The molecule has 3 heterocycles. The zero-order valence-electron chi connectivity index (χ0n) is 18.5. The number of hydrogen-bond donors (Lipinski definition) is 1. The lowest BCUT2D eigenvalue weighted by Gasteiger charge is -2.23. The molecule has 2 fully saturated rings. The van der Waals surface area contributed by atoms with E-state index in [1.165, 1.54) is 24.0 Å². The first-order valence-corrected chi connectivity index (χ1v) is 11.2. The fourth-order valence-electron chi connectivity index (χ4n) is 4.43. The summed E-state index contributed by atoms with van der Waals surface area (Å²) in [5, 5.41) is 7.12. The van der Waals surface area contributed by atoms with Crippen LogP contribution in [-0.2, 0) is 20.9 Å². The molecule has 3 aliphatic rings. The van der Waals surface area contributed by atoms with Crippen molar-refractivity contribution in [1.29, 1.82) is 0 Å². The Hall–Kier alpha value is -2.46. The number of carbonyl (C=O) groups is 2. The van der Waals surface area contributed by atoms with Crippen molar-refractivity contribution in [3.63, 3.8) is 0 Å². The maximum absolute atomic E-state index is 12.7. The molecule has 0 saturated carbocycles. The van der Waals surface area contributed by atoms with Crippen molar-refractivity contribution in [3.8, 4) is 0 Å². The van der Waals surface area contributed by atoms with Crippen LogP contribution in [-0.4, -0.2) is 76.8 Å². The number of hydrogen-bond acceptors (Lipinski definition) is 5. The van der Waals surface area contributed by atoms with Crippen LogP contribution in [0.4, 0.5) is 13.2 Å². The number of fused-ring (bicyclic) bond motifs is 1. The first-order chi connectivity index (χ1) is 15.7. The van der Waals surface area contributed by atoms with Gasteiger partial charge >= 0.3 is 12.1 Å². The van der Waals surface area contributed by atoms with Gasteiger partial charge in [0.2, 0.25) is 5.91 Å². The third-order valence-corrected chi connectivity index (χ3v) is 6.10. The average molecular weight is 470 g/mol. The van der Waals surface area contributed by atoms with Gasteiger partial charge in [-0.15, -0.1) is 0 Å². The summed E-state index contributed by atoms with van der Waals surface area (Å²) < 4.78 is 37.8. The van der Waals surface area contributed by atoms with E-state index in [1.807, 2.05) is 23.4 Å². The monoisotopic (exact) mass is 469 g/mol. The van der Waals surface area contributed by atoms with Crippen LogP contribution in [0.3, 0.4) is 0 Å². The minimum atomic E-state index is -5.08. The highest BCUT2D eigenvalue weighted by atomic mass is 19.4. The molecular formula is C23H30F3N3O4. The highest BCUT2D eigenvalue weighted by Crippen LogP contribution is 2.27. The molecule has 1 N–H and O–H groups in total. The summed E-state index contributed by atoms with van der Waals surface area (Å²) >= 11 is 0. The third kappa shape index (κ3) is 7.82. The summed E-state index contributed by atoms with van der Waals surface area (Å²) in [7, 11) is 0. The first kappa shape index (κ1) is 25.2. The summed E-state index contributed by atoms with van der Waals surface area (Å²) in [5.74, 6) is -2.06. The molecule has 4 rings (SSSR count). The second-order valence-corrected chi connectivity index (χ2v) is 8.65. The van der Waals surface area contributed by atoms with Gasteiger partial charge in [-0.1, -0.05) is 17.7 Å².